The summed E-state index contributed by atoms with van der Waals surface area (Å²) < 4.78 is 5.90. The number of carbonyl (C=O) groups is 2. The average molecular weight is 347 g/mol. The number of amides is 1. The van der Waals surface area contributed by atoms with Crippen molar-refractivity contribution in [3.8, 4) is 5.75 Å². The van der Waals surface area contributed by atoms with Crippen molar-refractivity contribution in [2.24, 2.45) is 0 Å². The lowest BCUT2D eigenvalue weighted by atomic mass is 10.1. The van der Waals surface area contributed by atoms with Gasteiger partial charge in [0.2, 0.25) is 0 Å². The van der Waals surface area contributed by atoms with Crippen molar-refractivity contribution in [2.45, 2.75) is 26.4 Å². The Morgan fingerprint density at radius 3 is 2.46 bits per heavy atom. The molecule has 0 aliphatic heterocycles. The van der Waals surface area contributed by atoms with Gasteiger partial charge in [-0.15, -0.1) is 0 Å². The largest absolute Gasteiger partial charge is 0.481 e. The van der Waals surface area contributed by atoms with E-state index in [1.165, 1.54) is 6.92 Å². The molecule has 0 aliphatic rings. The quantitative estimate of drug-likeness (QED) is 0.649. The fraction of sp³-hybridized carbons (Fsp3) is 0.182. The number of rotatable bonds is 6. The highest BCUT2D eigenvalue weighted by Crippen LogP contribution is 2.22. The first-order valence-electron chi connectivity index (χ1n) is 8.64. The Bertz CT molecular complexity index is 949. The van der Waals surface area contributed by atoms with E-state index >= 15 is 0 Å². The number of hydrogen-bond acceptors (Lipinski definition) is 3. The first kappa shape index (κ1) is 17.7. The van der Waals surface area contributed by atoms with Crippen LogP contribution in [-0.4, -0.2) is 17.8 Å². The smallest absolute Gasteiger partial charge is 0.265 e. The van der Waals surface area contributed by atoms with E-state index < -0.39 is 6.10 Å². The molecule has 0 unspecified atom stereocenters. The summed E-state index contributed by atoms with van der Waals surface area (Å²) in [6, 6.07) is 20.7. The average Bonchev–Trinajstić information content (AvgIpc) is 2.66. The molecule has 0 saturated carbocycles. The molecule has 3 aromatic carbocycles. The van der Waals surface area contributed by atoms with Gasteiger partial charge in [0.15, 0.2) is 11.9 Å². The second kappa shape index (κ2) is 7.83. The van der Waals surface area contributed by atoms with Gasteiger partial charge in [-0.1, -0.05) is 49.4 Å². The van der Waals surface area contributed by atoms with Gasteiger partial charge in [0.05, 0.1) is 0 Å². The van der Waals surface area contributed by atoms with E-state index in [9.17, 15) is 9.59 Å². The summed E-state index contributed by atoms with van der Waals surface area (Å²) in [5, 5.41) is 5.02. The van der Waals surface area contributed by atoms with Crippen LogP contribution in [0.1, 0.15) is 30.6 Å². The van der Waals surface area contributed by atoms with Gasteiger partial charge in [-0.05, 0) is 48.4 Å². The maximum Gasteiger partial charge on any atom is 0.265 e. The predicted molar refractivity (Wildman–Crippen MR) is 104 cm³/mol. The molecule has 0 fully saturated rings. The summed E-state index contributed by atoms with van der Waals surface area (Å²) >= 11 is 0. The van der Waals surface area contributed by atoms with Gasteiger partial charge in [0, 0.05) is 11.3 Å². The number of Topliss-reactive ketones (excluding diaryl/α,β-unsaturated/α-hetero) is 1. The van der Waals surface area contributed by atoms with Crippen LogP contribution in [0, 0.1) is 0 Å². The monoisotopic (exact) mass is 347 g/mol. The third kappa shape index (κ3) is 4.09. The fourth-order valence-electron chi connectivity index (χ4n) is 2.77. The SMILES string of the molecule is CC[C@@H](Oc1ccc2ccccc2c1)C(=O)Nc1cccc(C(C)=O)c1. The van der Waals surface area contributed by atoms with Crippen molar-refractivity contribution in [3.63, 3.8) is 0 Å². The van der Waals surface area contributed by atoms with Crippen LogP contribution < -0.4 is 10.1 Å². The third-order valence-corrected chi connectivity index (χ3v) is 4.20. The molecule has 0 heterocycles. The zero-order chi connectivity index (χ0) is 18.5. The molecule has 0 saturated heterocycles. The summed E-state index contributed by atoms with van der Waals surface area (Å²) in [6.07, 6.45) is -0.0810. The Balaban J connectivity index is 1.74. The minimum atomic E-state index is -0.614. The zero-order valence-electron chi connectivity index (χ0n) is 14.9. The molecule has 3 aromatic rings. The number of anilines is 1. The molecule has 1 amide bonds. The first-order chi connectivity index (χ1) is 12.6. The van der Waals surface area contributed by atoms with Crippen molar-refractivity contribution in [1.29, 1.82) is 0 Å². The standard InChI is InChI=1S/C22H21NO3/c1-3-21(22(25)23-19-10-6-9-17(13-19)15(2)24)26-20-12-11-16-7-4-5-8-18(16)14-20/h4-14,21H,3H2,1-2H3,(H,23,25)/t21-/m1/s1. The van der Waals surface area contributed by atoms with Crippen LogP contribution in [0.15, 0.2) is 66.7 Å². The Labute approximate surface area is 152 Å². The van der Waals surface area contributed by atoms with Gasteiger partial charge in [0.1, 0.15) is 5.75 Å². The Kier molecular flexibility index (Phi) is 5.32. The molecular weight excluding hydrogens is 326 g/mol. The van der Waals surface area contributed by atoms with Gasteiger partial charge in [-0.25, -0.2) is 0 Å². The molecular formula is C22H21NO3. The van der Waals surface area contributed by atoms with E-state index in [1.807, 2.05) is 49.4 Å². The zero-order valence-corrected chi connectivity index (χ0v) is 14.9. The van der Waals surface area contributed by atoms with Crippen molar-refractivity contribution in [1.82, 2.24) is 0 Å². The van der Waals surface area contributed by atoms with E-state index in [4.69, 9.17) is 4.74 Å². The van der Waals surface area contributed by atoms with Crippen molar-refractivity contribution >= 4 is 28.2 Å². The second-order valence-electron chi connectivity index (χ2n) is 6.15. The molecule has 1 atom stereocenters. The third-order valence-electron chi connectivity index (χ3n) is 4.20. The highest BCUT2D eigenvalue weighted by Gasteiger charge is 2.19. The summed E-state index contributed by atoms with van der Waals surface area (Å²) in [6.45, 7) is 3.40. The highest BCUT2D eigenvalue weighted by atomic mass is 16.5. The molecule has 0 aromatic heterocycles. The maximum absolute atomic E-state index is 12.6. The second-order valence-corrected chi connectivity index (χ2v) is 6.15. The summed E-state index contributed by atoms with van der Waals surface area (Å²) in [4.78, 5) is 24.1. The van der Waals surface area contributed by atoms with Gasteiger partial charge in [-0.3, -0.25) is 9.59 Å². The van der Waals surface area contributed by atoms with Crippen LogP contribution in [0.2, 0.25) is 0 Å². The number of hydrogen-bond donors (Lipinski definition) is 1. The van der Waals surface area contributed by atoms with Crippen LogP contribution in [0.3, 0.4) is 0 Å². The summed E-state index contributed by atoms with van der Waals surface area (Å²) in [5.41, 5.74) is 1.15. The Hall–Kier alpha value is -3.14. The Morgan fingerprint density at radius 1 is 0.962 bits per heavy atom. The lowest BCUT2D eigenvalue weighted by molar-refractivity contribution is -0.122. The molecule has 4 nitrogen and oxygen atoms in total. The van der Waals surface area contributed by atoms with Crippen LogP contribution in [0.4, 0.5) is 5.69 Å². The van der Waals surface area contributed by atoms with Crippen molar-refractivity contribution in [2.75, 3.05) is 5.32 Å². The number of carbonyl (C=O) groups excluding carboxylic acids is 2. The molecule has 4 heteroatoms. The van der Waals surface area contributed by atoms with Crippen LogP contribution in [-0.2, 0) is 4.79 Å². The number of benzene rings is 3. The van der Waals surface area contributed by atoms with Gasteiger partial charge < -0.3 is 10.1 Å². The van der Waals surface area contributed by atoms with E-state index in [0.717, 1.165) is 10.8 Å². The molecule has 0 radical (unpaired) electrons. The topological polar surface area (TPSA) is 55.4 Å². The minimum absolute atomic E-state index is 0.0412. The first-order valence-corrected chi connectivity index (χ1v) is 8.64. The number of fused-ring (bicyclic) bond motifs is 1. The Morgan fingerprint density at radius 2 is 1.73 bits per heavy atom. The number of ether oxygens (including phenoxy) is 1. The van der Waals surface area contributed by atoms with E-state index in [-0.39, 0.29) is 11.7 Å². The molecule has 26 heavy (non-hydrogen) atoms. The van der Waals surface area contributed by atoms with Crippen LogP contribution in [0.5, 0.6) is 5.75 Å². The van der Waals surface area contributed by atoms with Crippen molar-refractivity contribution in [3.05, 3.63) is 72.3 Å². The summed E-state index contributed by atoms with van der Waals surface area (Å²) in [5.74, 6) is 0.380. The molecule has 0 spiro atoms. The number of nitrogens with one attached hydrogen (secondary N) is 1. The normalized spacial score (nSPS) is 11.8. The summed E-state index contributed by atoms with van der Waals surface area (Å²) in [7, 11) is 0. The fourth-order valence-corrected chi connectivity index (χ4v) is 2.77. The van der Waals surface area contributed by atoms with Crippen molar-refractivity contribution < 1.29 is 14.3 Å². The van der Waals surface area contributed by atoms with E-state index in [0.29, 0.717) is 23.4 Å². The molecule has 0 bridgehead atoms. The number of ketones is 1. The van der Waals surface area contributed by atoms with Crippen LogP contribution >= 0.6 is 0 Å². The van der Waals surface area contributed by atoms with Gasteiger partial charge in [-0.2, -0.15) is 0 Å². The lowest BCUT2D eigenvalue weighted by Crippen LogP contribution is -2.32. The van der Waals surface area contributed by atoms with Gasteiger partial charge in [0.25, 0.3) is 5.91 Å². The minimum Gasteiger partial charge on any atom is -0.481 e. The van der Waals surface area contributed by atoms with Crippen LogP contribution in [0.25, 0.3) is 10.8 Å². The van der Waals surface area contributed by atoms with E-state index in [2.05, 4.69) is 5.32 Å². The molecule has 1 N–H and O–H groups in total. The lowest BCUT2D eigenvalue weighted by Gasteiger charge is -2.18. The highest BCUT2D eigenvalue weighted by molar-refractivity contribution is 5.98. The predicted octanol–water partition coefficient (Wildman–Crippen LogP) is 4.84. The molecule has 3 rings (SSSR count). The molecule has 132 valence electrons. The van der Waals surface area contributed by atoms with Gasteiger partial charge >= 0.3 is 0 Å². The molecule has 0 aliphatic carbocycles. The maximum atomic E-state index is 12.6. The van der Waals surface area contributed by atoms with E-state index in [1.54, 1.807) is 24.3 Å².